The zero-order valence-corrected chi connectivity index (χ0v) is 21.7. The quantitative estimate of drug-likeness (QED) is 0.224. The van der Waals surface area contributed by atoms with Crippen molar-refractivity contribution >= 4 is 35.6 Å². The summed E-state index contributed by atoms with van der Waals surface area (Å²) in [5.74, 6) is 3.36. The molecule has 1 heterocycles. The number of hydrogen-bond donors (Lipinski definition) is 2. The van der Waals surface area contributed by atoms with Gasteiger partial charge in [0, 0.05) is 50.1 Å². The van der Waals surface area contributed by atoms with Gasteiger partial charge in [0.1, 0.15) is 23.9 Å². The molecule has 0 unspecified atom stereocenters. The molecule has 2 aromatic rings. The van der Waals surface area contributed by atoms with Crippen LogP contribution in [0.15, 0.2) is 47.5 Å². The van der Waals surface area contributed by atoms with Crippen molar-refractivity contribution in [3.63, 3.8) is 0 Å². The normalized spacial score (nSPS) is 14.4. The first kappa shape index (κ1) is 25.9. The maximum absolute atomic E-state index is 5.85. The molecule has 3 rings (SSSR count). The van der Waals surface area contributed by atoms with Crippen molar-refractivity contribution in [1.82, 2.24) is 10.6 Å². The van der Waals surface area contributed by atoms with E-state index < -0.39 is 0 Å². The van der Waals surface area contributed by atoms with E-state index in [0.29, 0.717) is 19.2 Å². The zero-order valence-electron chi connectivity index (χ0n) is 19.4. The molecular formula is C24H35IN4O3. The molecule has 0 aromatic heterocycles. The Morgan fingerprint density at radius 3 is 2.31 bits per heavy atom. The van der Waals surface area contributed by atoms with Gasteiger partial charge in [0.05, 0.1) is 20.8 Å². The van der Waals surface area contributed by atoms with Gasteiger partial charge in [-0.1, -0.05) is 18.2 Å². The number of nitrogens with zero attached hydrogens (tertiary/aromatic N) is 2. The summed E-state index contributed by atoms with van der Waals surface area (Å²) in [5.41, 5.74) is 2.27. The fraction of sp³-hybridized carbons (Fsp3) is 0.458. The van der Waals surface area contributed by atoms with E-state index in [4.69, 9.17) is 14.2 Å². The molecule has 0 aliphatic carbocycles. The lowest BCUT2D eigenvalue weighted by atomic mass is 10.0. The maximum Gasteiger partial charge on any atom is 0.191 e. The van der Waals surface area contributed by atoms with Gasteiger partial charge in [0.15, 0.2) is 5.96 Å². The van der Waals surface area contributed by atoms with Gasteiger partial charge in [-0.05, 0) is 31.4 Å². The van der Waals surface area contributed by atoms with Crippen molar-refractivity contribution in [2.45, 2.75) is 25.8 Å². The van der Waals surface area contributed by atoms with Crippen LogP contribution in [0, 0.1) is 6.92 Å². The molecule has 0 bridgehead atoms. The molecule has 1 aliphatic rings. The second kappa shape index (κ2) is 13.2. The smallest absolute Gasteiger partial charge is 0.191 e. The van der Waals surface area contributed by atoms with Gasteiger partial charge in [0.2, 0.25) is 0 Å². The molecule has 0 spiro atoms. The van der Waals surface area contributed by atoms with Crippen molar-refractivity contribution in [3.8, 4) is 17.2 Å². The molecule has 1 saturated heterocycles. The summed E-state index contributed by atoms with van der Waals surface area (Å²) in [7, 11) is 5.16. The molecule has 7 nitrogen and oxygen atoms in total. The third-order valence-corrected chi connectivity index (χ3v) is 5.51. The number of aliphatic imine (C=N–C) groups is 1. The van der Waals surface area contributed by atoms with Crippen molar-refractivity contribution < 1.29 is 14.2 Å². The minimum Gasteiger partial charge on any atom is -0.497 e. The number of methoxy groups -OCH3 is 2. The maximum atomic E-state index is 5.85. The zero-order chi connectivity index (χ0) is 22.1. The van der Waals surface area contributed by atoms with E-state index in [2.05, 4.69) is 45.6 Å². The van der Waals surface area contributed by atoms with Gasteiger partial charge in [-0.2, -0.15) is 0 Å². The Labute approximate surface area is 208 Å². The first-order chi connectivity index (χ1) is 15.1. The van der Waals surface area contributed by atoms with Gasteiger partial charge in [-0.15, -0.1) is 24.0 Å². The molecule has 1 fully saturated rings. The molecule has 2 N–H and O–H groups in total. The van der Waals surface area contributed by atoms with E-state index in [-0.39, 0.29) is 24.0 Å². The van der Waals surface area contributed by atoms with Crippen LogP contribution in [-0.2, 0) is 0 Å². The molecule has 0 radical (unpaired) electrons. The molecule has 32 heavy (non-hydrogen) atoms. The first-order valence-corrected chi connectivity index (χ1v) is 10.8. The molecule has 0 saturated carbocycles. The number of hydrogen-bond acceptors (Lipinski definition) is 5. The summed E-state index contributed by atoms with van der Waals surface area (Å²) in [6.07, 6.45) is 2.06. The van der Waals surface area contributed by atoms with Crippen LogP contribution in [0.4, 0.5) is 5.69 Å². The average Bonchev–Trinajstić information content (AvgIpc) is 2.82. The first-order valence-electron chi connectivity index (χ1n) is 10.8. The fourth-order valence-electron chi connectivity index (χ4n) is 3.69. The Hall–Kier alpha value is -2.36. The van der Waals surface area contributed by atoms with Gasteiger partial charge >= 0.3 is 0 Å². The van der Waals surface area contributed by atoms with E-state index in [1.54, 1.807) is 21.3 Å². The van der Waals surface area contributed by atoms with Crippen LogP contribution in [-0.4, -0.2) is 59.5 Å². The highest BCUT2D eigenvalue weighted by molar-refractivity contribution is 14.0. The summed E-state index contributed by atoms with van der Waals surface area (Å²) >= 11 is 0. The highest BCUT2D eigenvalue weighted by Crippen LogP contribution is 2.30. The summed E-state index contributed by atoms with van der Waals surface area (Å²) in [6.45, 7) is 5.25. The Morgan fingerprint density at radius 2 is 1.72 bits per heavy atom. The topological polar surface area (TPSA) is 67.4 Å². The van der Waals surface area contributed by atoms with Crippen LogP contribution >= 0.6 is 24.0 Å². The molecule has 0 amide bonds. The monoisotopic (exact) mass is 554 g/mol. The van der Waals surface area contributed by atoms with Crippen LogP contribution in [0.1, 0.15) is 18.4 Å². The number of benzene rings is 2. The average molecular weight is 554 g/mol. The summed E-state index contributed by atoms with van der Waals surface area (Å²) < 4.78 is 16.7. The summed E-state index contributed by atoms with van der Waals surface area (Å²) in [5, 5.41) is 6.89. The molecule has 8 heteroatoms. The van der Waals surface area contributed by atoms with Crippen molar-refractivity contribution in [1.29, 1.82) is 0 Å². The van der Waals surface area contributed by atoms with Gasteiger partial charge in [-0.25, -0.2) is 0 Å². The third-order valence-electron chi connectivity index (χ3n) is 5.51. The van der Waals surface area contributed by atoms with Crippen molar-refractivity contribution in [2.24, 2.45) is 4.99 Å². The van der Waals surface area contributed by atoms with Crippen LogP contribution < -0.4 is 29.7 Å². The second-order valence-corrected chi connectivity index (χ2v) is 7.59. The lowest BCUT2D eigenvalue weighted by Crippen LogP contribution is -2.49. The fourth-order valence-corrected chi connectivity index (χ4v) is 3.69. The highest BCUT2D eigenvalue weighted by atomic mass is 127. The van der Waals surface area contributed by atoms with Crippen molar-refractivity contribution in [3.05, 3.63) is 48.0 Å². The minimum atomic E-state index is 0. The standard InChI is InChI=1S/C24H34N4O3.HI/c1-18-7-5-6-8-23(18)31-14-11-26-24(25-2)27-19-9-12-28(13-10-19)20-15-21(29-3)17-22(16-20)30-4;/h5-8,15-17,19H,9-14H2,1-4H3,(H2,25,26,27);1H. The van der Waals surface area contributed by atoms with E-state index in [0.717, 1.165) is 60.4 Å². The molecule has 176 valence electrons. The Kier molecular flexibility index (Phi) is 10.7. The number of ether oxygens (including phenoxy) is 3. The van der Waals surface area contributed by atoms with Gasteiger partial charge < -0.3 is 29.7 Å². The Morgan fingerprint density at radius 1 is 1.06 bits per heavy atom. The SMILES string of the molecule is CN=C(NCCOc1ccccc1C)NC1CCN(c2cc(OC)cc(OC)c2)CC1.I. The van der Waals surface area contributed by atoms with E-state index in [9.17, 15) is 0 Å². The second-order valence-electron chi connectivity index (χ2n) is 7.59. The molecule has 0 atom stereocenters. The number of guanidine groups is 1. The minimum absolute atomic E-state index is 0. The number of para-hydroxylation sites is 1. The van der Waals surface area contributed by atoms with E-state index in [1.807, 2.05) is 24.3 Å². The van der Waals surface area contributed by atoms with Crippen LogP contribution in [0.2, 0.25) is 0 Å². The lowest BCUT2D eigenvalue weighted by Gasteiger charge is -2.34. The number of halogens is 1. The van der Waals surface area contributed by atoms with Crippen LogP contribution in [0.5, 0.6) is 17.2 Å². The molecule has 1 aliphatic heterocycles. The third kappa shape index (κ3) is 7.36. The summed E-state index contributed by atoms with van der Waals surface area (Å²) in [4.78, 5) is 6.73. The largest absolute Gasteiger partial charge is 0.497 e. The number of anilines is 1. The predicted octanol–water partition coefficient (Wildman–Crippen LogP) is 3.84. The number of piperidine rings is 1. The number of aryl methyl sites for hydroxylation is 1. The number of rotatable bonds is 8. The Bertz CT molecular complexity index is 848. The Balaban J connectivity index is 0.00000363. The molecular weight excluding hydrogens is 519 g/mol. The van der Waals surface area contributed by atoms with Crippen LogP contribution in [0.3, 0.4) is 0 Å². The summed E-state index contributed by atoms with van der Waals surface area (Å²) in [6, 6.07) is 14.5. The van der Waals surface area contributed by atoms with Gasteiger partial charge in [-0.3, -0.25) is 4.99 Å². The van der Waals surface area contributed by atoms with Crippen LogP contribution in [0.25, 0.3) is 0 Å². The number of nitrogens with one attached hydrogen (secondary N) is 2. The molecule has 2 aromatic carbocycles. The van der Waals surface area contributed by atoms with Gasteiger partial charge in [0.25, 0.3) is 0 Å². The van der Waals surface area contributed by atoms with Crippen molar-refractivity contribution in [2.75, 3.05) is 52.4 Å². The highest BCUT2D eigenvalue weighted by Gasteiger charge is 2.21. The lowest BCUT2D eigenvalue weighted by molar-refractivity contribution is 0.319. The van der Waals surface area contributed by atoms with E-state index >= 15 is 0 Å². The van der Waals surface area contributed by atoms with E-state index in [1.165, 1.54) is 0 Å². The predicted molar refractivity (Wildman–Crippen MR) is 141 cm³/mol.